The third kappa shape index (κ3) is 3.69. The number of ketones is 1. The van der Waals surface area contributed by atoms with Crippen molar-refractivity contribution in [2.75, 3.05) is 18.5 Å². The Balaban J connectivity index is 2.15. The quantitative estimate of drug-likeness (QED) is 0.824. The molecule has 0 aromatic heterocycles. The molecule has 2 aromatic carbocycles. The van der Waals surface area contributed by atoms with E-state index in [1.54, 1.807) is 29.2 Å². The van der Waals surface area contributed by atoms with Crippen molar-refractivity contribution < 1.29 is 9.59 Å². The normalized spacial score (nSPS) is 11.7. The van der Waals surface area contributed by atoms with Gasteiger partial charge in [-0.05, 0) is 17.7 Å². The Bertz CT molecular complexity index is 611. The van der Waals surface area contributed by atoms with Gasteiger partial charge in [-0.2, -0.15) is 0 Å². The number of primary amides is 1. The van der Waals surface area contributed by atoms with Gasteiger partial charge in [0.15, 0.2) is 5.78 Å². The van der Waals surface area contributed by atoms with Gasteiger partial charge in [-0.25, -0.2) is 0 Å². The van der Waals surface area contributed by atoms with Crippen molar-refractivity contribution in [1.29, 1.82) is 0 Å². The second kappa shape index (κ2) is 6.70. The molecule has 21 heavy (non-hydrogen) atoms. The minimum Gasteiger partial charge on any atom is -0.369 e. The summed E-state index contributed by atoms with van der Waals surface area (Å²) in [4.78, 5) is 25.9. The molecular weight excluding hydrogens is 264 g/mol. The number of rotatable bonds is 6. The molecule has 0 aliphatic carbocycles. The van der Waals surface area contributed by atoms with Crippen molar-refractivity contribution >= 4 is 17.4 Å². The van der Waals surface area contributed by atoms with Crippen molar-refractivity contribution in [2.24, 2.45) is 5.73 Å². The summed E-state index contributed by atoms with van der Waals surface area (Å²) in [6.07, 6.45) is 0. The number of para-hydroxylation sites is 1. The number of likely N-dealkylation sites (N-methyl/N-ethyl adjacent to an activating group) is 1. The number of hydrogen-bond donors (Lipinski definition) is 1. The molecule has 4 nitrogen and oxygen atoms in total. The van der Waals surface area contributed by atoms with Crippen LogP contribution in [0.2, 0.25) is 0 Å². The lowest BCUT2D eigenvalue weighted by atomic mass is 9.93. The molecule has 1 atom stereocenters. The van der Waals surface area contributed by atoms with Crippen LogP contribution >= 0.6 is 0 Å². The van der Waals surface area contributed by atoms with Crippen molar-refractivity contribution in [2.45, 2.75) is 5.92 Å². The molecule has 0 fully saturated rings. The zero-order valence-electron chi connectivity index (χ0n) is 11.9. The molecule has 2 aromatic rings. The Hall–Kier alpha value is -2.62. The Morgan fingerprint density at radius 2 is 1.52 bits per heavy atom. The van der Waals surface area contributed by atoms with E-state index in [1.807, 2.05) is 43.4 Å². The van der Waals surface area contributed by atoms with Gasteiger partial charge in [0.2, 0.25) is 5.91 Å². The predicted octanol–water partition coefficient (Wildman–Crippen LogP) is 1.96. The fraction of sp³-hybridized carbons (Fsp3) is 0.176. The number of benzene rings is 2. The van der Waals surface area contributed by atoms with Crippen LogP contribution in [0.25, 0.3) is 0 Å². The number of carbonyl (C=O) groups is 2. The molecule has 0 radical (unpaired) electrons. The fourth-order valence-electron chi connectivity index (χ4n) is 2.25. The van der Waals surface area contributed by atoms with E-state index in [2.05, 4.69) is 0 Å². The lowest BCUT2D eigenvalue weighted by molar-refractivity contribution is -0.127. The predicted molar refractivity (Wildman–Crippen MR) is 83.1 cm³/mol. The van der Waals surface area contributed by atoms with Crippen LogP contribution in [0.1, 0.15) is 11.5 Å². The minimum absolute atomic E-state index is 0.131. The molecule has 2 rings (SSSR count). The summed E-state index contributed by atoms with van der Waals surface area (Å²) in [5.41, 5.74) is 6.96. The average Bonchev–Trinajstić information content (AvgIpc) is 2.49. The zero-order chi connectivity index (χ0) is 15.2. The first-order valence-corrected chi connectivity index (χ1v) is 6.72. The standard InChI is InChI=1S/C17H18N2O2/c1-19(14-10-6-3-7-11-14)12-15(20)16(17(18)21)13-8-4-2-5-9-13/h2-11,16H,12H2,1H3,(H2,18,21)/t16-/m0/s1. The van der Waals surface area contributed by atoms with Gasteiger partial charge < -0.3 is 10.6 Å². The summed E-state index contributed by atoms with van der Waals surface area (Å²) in [6.45, 7) is 0.131. The third-order valence-corrected chi connectivity index (χ3v) is 3.33. The smallest absolute Gasteiger partial charge is 0.232 e. The van der Waals surface area contributed by atoms with E-state index in [-0.39, 0.29) is 12.3 Å². The van der Waals surface area contributed by atoms with Gasteiger partial charge in [-0.15, -0.1) is 0 Å². The van der Waals surface area contributed by atoms with Crippen molar-refractivity contribution in [3.63, 3.8) is 0 Å². The summed E-state index contributed by atoms with van der Waals surface area (Å²) in [7, 11) is 1.82. The highest BCUT2D eigenvalue weighted by atomic mass is 16.2. The number of nitrogens with two attached hydrogens (primary N) is 1. The van der Waals surface area contributed by atoms with Gasteiger partial charge in [0.05, 0.1) is 6.54 Å². The van der Waals surface area contributed by atoms with Crippen LogP contribution in [0.4, 0.5) is 5.69 Å². The number of amides is 1. The summed E-state index contributed by atoms with van der Waals surface area (Å²) in [5, 5.41) is 0. The maximum atomic E-state index is 12.4. The number of hydrogen-bond acceptors (Lipinski definition) is 3. The Morgan fingerprint density at radius 3 is 2.05 bits per heavy atom. The summed E-state index contributed by atoms with van der Waals surface area (Å²) >= 11 is 0. The molecule has 0 heterocycles. The topological polar surface area (TPSA) is 63.4 Å². The van der Waals surface area contributed by atoms with Crippen molar-refractivity contribution in [1.82, 2.24) is 0 Å². The van der Waals surface area contributed by atoms with E-state index in [0.717, 1.165) is 5.69 Å². The molecule has 1 amide bonds. The van der Waals surface area contributed by atoms with Crippen LogP contribution in [0, 0.1) is 0 Å². The minimum atomic E-state index is -0.905. The maximum absolute atomic E-state index is 12.4. The number of carbonyl (C=O) groups excluding carboxylic acids is 2. The SMILES string of the molecule is CN(CC(=O)[C@@H](C(N)=O)c1ccccc1)c1ccccc1. The third-order valence-electron chi connectivity index (χ3n) is 3.33. The molecule has 0 unspecified atom stereocenters. The molecule has 4 heteroatoms. The van der Waals surface area contributed by atoms with E-state index in [9.17, 15) is 9.59 Å². The van der Waals surface area contributed by atoms with Gasteiger partial charge in [0.25, 0.3) is 0 Å². The summed E-state index contributed by atoms with van der Waals surface area (Å²) in [6, 6.07) is 18.4. The molecule has 0 saturated heterocycles. The molecule has 0 aliphatic heterocycles. The molecule has 0 bridgehead atoms. The van der Waals surface area contributed by atoms with Crippen molar-refractivity contribution in [3.05, 3.63) is 66.2 Å². The highest BCUT2D eigenvalue weighted by Crippen LogP contribution is 2.18. The van der Waals surface area contributed by atoms with Gasteiger partial charge in [-0.3, -0.25) is 9.59 Å². The van der Waals surface area contributed by atoms with E-state index in [1.165, 1.54) is 0 Å². The van der Waals surface area contributed by atoms with Crippen LogP contribution in [0.3, 0.4) is 0 Å². The Kier molecular flexibility index (Phi) is 4.72. The van der Waals surface area contributed by atoms with E-state index < -0.39 is 11.8 Å². The number of Topliss-reactive ketones (excluding diaryl/α,β-unsaturated/α-hetero) is 1. The van der Waals surface area contributed by atoms with Crippen LogP contribution in [-0.4, -0.2) is 25.3 Å². The molecule has 108 valence electrons. The second-order valence-electron chi connectivity index (χ2n) is 4.90. The van der Waals surface area contributed by atoms with Crippen LogP contribution in [0.5, 0.6) is 0 Å². The average molecular weight is 282 g/mol. The van der Waals surface area contributed by atoms with Gasteiger partial charge in [0, 0.05) is 12.7 Å². The molecule has 0 spiro atoms. The lowest BCUT2D eigenvalue weighted by Gasteiger charge is -2.21. The molecule has 0 aliphatic rings. The molecule has 0 saturated carbocycles. The van der Waals surface area contributed by atoms with Gasteiger partial charge in [0.1, 0.15) is 5.92 Å². The second-order valence-corrected chi connectivity index (χ2v) is 4.90. The highest BCUT2D eigenvalue weighted by molar-refractivity contribution is 6.07. The van der Waals surface area contributed by atoms with E-state index >= 15 is 0 Å². The fourth-order valence-corrected chi connectivity index (χ4v) is 2.25. The summed E-state index contributed by atoms with van der Waals surface area (Å²) < 4.78 is 0. The highest BCUT2D eigenvalue weighted by Gasteiger charge is 2.26. The monoisotopic (exact) mass is 282 g/mol. The largest absolute Gasteiger partial charge is 0.369 e. The Labute approximate surface area is 124 Å². The van der Waals surface area contributed by atoms with E-state index in [0.29, 0.717) is 5.56 Å². The van der Waals surface area contributed by atoms with Crippen LogP contribution < -0.4 is 10.6 Å². The van der Waals surface area contributed by atoms with Crippen molar-refractivity contribution in [3.8, 4) is 0 Å². The maximum Gasteiger partial charge on any atom is 0.232 e. The number of nitrogens with zero attached hydrogens (tertiary/aromatic N) is 1. The zero-order valence-corrected chi connectivity index (χ0v) is 11.9. The molecule has 2 N–H and O–H groups in total. The lowest BCUT2D eigenvalue weighted by Crippen LogP contribution is -2.35. The number of anilines is 1. The Morgan fingerprint density at radius 1 is 1.00 bits per heavy atom. The van der Waals surface area contributed by atoms with Gasteiger partial charge in [-0.1, -0.05) is 48.5 Å². The van der Waals surface area contributed by atoms with E-state index in [4.69, 9.17) is 5.73 Å². The molecular formula is C17H18N2O2. The summed E-state index contributed by atoms with van der Waals surface area (Å²) in [5.74, 6) is -1.73. The van der Waals surface area contributed by atoms with Crippen LogP contribution in [0.15, 0.2) is 60.7 Å². The van der Waals surface area contributed by atoms with Gasteiger partial charge >= 0.3 is 0 Å². The first-order chi connectivity index (χ1) is 10.1. The first kappa shape index (κ1) is 14.8. The first-order valence-electron chi connectivity index (χ1n) is 6.72. The van der Waals surface area contributed by atoms with Crippen LogP contribution in [-0.2, 0) is 9.59 Å².